The Morgan fingerprint density at radius 1 is 1.55 bits per heavy atom. The highest BCUT2D eigenvalue weighted by atomic mass is 32.2. The molecule has 0 amide bonds. The maximum Gasteiger partial charge on any atom is 0.0658 e. The van der Waals surface area contributed by atoms with E-state index in [1.165, 1.54) is 16.1 Å². The second-order valence-corrected chi connectivity index (χ2v) is 3.67. The molecule has 0 spiro atoms. The number of thioether (sulfide) groups is 1. The van der Waals surface area contributed by atoms with Gasteiger partial charge in [-0.05, 0) is 24.1 Å². The van der Waals surface area contributed by atoms with Crippen LogP contribution in [0.2, 0.25) is 0 Å². The maximum atomic E-state index is 3.34. The predicted octanol–water partition coefficient (Wildman–Crippen LogP) is 2.72. The summed E-state index contributed by atoms with van der Waals surface area (Å²) >= 11 is 1.88. The van der Waals surface area contributed by atoms with E-state index in [4.69, 9.17) is 0 Å². The molecule has 1 aromatic rings. The summed E-state index contributed by atoms with van der Waals surface area (Å²) in [6.45, 7) is 2.18. The molecule has 1 aliphatic rings. The van der Waals surface area contributed by atoms with Crippen LogP contribution in [0.5, 0.6) is 0 Å². The first kappa shape index (κ1) is 7.04. The largest absolute Gasteiger partial charge is 0.375 e. The van der Waals surface area contributed by atoms with E-state index in [9.17, 15) is 0 Å². The lowest BCUT2D eigenvalue weighted by Crippen LogP contribution is -1.89. The van der Waals surface area contributed by atoms with Gasteiger partial charge in [0.05, 0.1) is 5.88 Å². The van der Waals surface area contributed by atoms with Gasteiger partial charge in [-0.2, -0.15) is 0 Å². The molecular weight excluding hydrogens is 154 g/mol. The van der Waals surface area contributed by atoms with Crippen LogP contribution >= 0.6 is 11.8 Å². The van der Waals surface area contributed by atoms with Crippen molar-refractivity contribution in [3.63, 3.8) is 0 Å². The number of nitrogens with one attached hydrogen (secondary N) is 1. The first-order valence-electron chi connectivity index (χ1n) is 3.90. The van der Waals surface area contributed by atoms with Crippen molar-refractivity contribution in [2.24, 2.45) is 0 Å². The number of aryl methyl sites for hydroxylation is 1. The summed E-state index contributed by atoms with van der Waals surface area (Å²) in [5.74, 6) is 1.03. The molecule has 0 saturated carbocycles. The Balaban J connectivity index is 2.41. The number of hydrogen-bond acceptors (Lipinski definition) is 2. The number of fused-ring (bicyclic) bond motifs is 1. The Kier molecular flexibility index (Phi) is 1.78. The van der Waals surface area contributed by atoms with Gasteiger partial charge in [-0.25, -0.2) is 0 Å². The summed E-state index contributed by atoms with van der Waals surface area (Å²) in [5, 5.41) is 3.34. The van der Waals surface area contributed by atoms with Crippen molar-refractivity contribution in [2.45, 2.75) is 18.2 Å². The lowest BCUT2D eigenvalue weighted by Gasteiger charge is -2.00. The fourth-order valence-corrected chi connectivity index (χ4v) is 2.09. The van der Waals surface area contributed by atoms with Gasteiger partial charge in [0.15, 0.2) is 0 Å². The molecule has 0 aliphatic carbocycles. The van der Waals surface area contributed by atoms with Crippen LogP contribution in [0, 0.1) is 0 Å². The lowest BCUT2D eigenvalue weighted by atomic mass is 10.1. The van der Waals surface area contributed by atoms with Gasteiger partial charge in [0.2, 0.25) is 0 Å². The topological polar surface area (TPSA) is 12.0 Å². The minimum Gasteiger partial charge on any atom is -0.375 e. The molecule has 1 aliphatic heterocycles. The van der Waals surface area contributed by atoms with Crippen LogP contribution < -0.4 is 5.32 Å². The molecule has 11 heavy (non-hydrogen) atoms. The van der Waals surface area contributed by atoms with Gasteiger partial charge in [-0.3, -0.25) is 0 Å². The molecule has 0 unspecified atom stereocenters. The van der Waals surface area contributed by atoms with Crippen LogP contribution in [0.25, 0.3) is 0 Å². The van der Waals surface area contributed by atoms with Gasteiger partial charge in [0, 0.05) is 10.6 Å². The standard InChI is InChI=1S/C9H11NS/c1-2-7-3-4-9-8(5-7)10-6-11-9/h3-5,10H,2,6H2,1H3. The summed E-state index contributed by atoms with van der Waals surface area (Å²) in [7, 11) is 0. The third kappa shape index (κ3) is 1.23. The predicted molar refractivity (Wildman–Crippen MR) is 50.2 cm³/mol. The van der Waals surface area contributed by atoms with E-state index in [2.05, 4.69) is 30.4 Å². The molecule has 58 valence electrons. The number of anilines is 1. The van der Waals surface area contributed by atoms with Crippen molar-refractivity contribution in [2.75, 3.05) is 11.2 Å². The summed E-state index contributed by atoms with van der Waals surface area (Å²) in [5.41, 5.74) is 2.73. The van der Waals surface area contributed by atoms with Crippen LogP contribution in [-0.2, 0) is 6.42 Å². The third-order valence-corrected chi connectivity index (χ3v) is 2.90. The smallest absolute Gasteiger partial charge is 0.0658 e. The van der Waals surface area contributed by atoms with Crippen molar-refractivity contribution in [1.29, 1.82) is 0 Å². The summed E-state index contributed by atoms with van der Waals surface area (Å²) < 4.78 is 0. The Hall–Kier alpha value is -0.630. The van der Waals surface area contributed by atoms with E-state index in [1.807, 2.05) is 11.8 Å². The summed E-state index contributed by atoms with van der Waals surface area (Å²) in [6, 6.07) is 6.66. The lowest BCUT2D eigenvalue weighted by molar-refractivity contribution is 1.13. The van der Waals surface area contributed by atoms with E-state index < -0.39 is 0 Å². The average molecular weight is 165 g/mol. The van der Waals surface area contributed by atoms with E-state index in [-0.39, 0.29) is 0 Å². The molecule has 1 aromatic carbocycles. The Bertz CT molecular complexity index is 270. The SMILES string of the molecule is CCc1ccc2c(c1)NCS2. The van der Waals surface area contributed by atoms with Gasteiger partial charge in [0.1, 0.15) is 0 Å². The fourth-order valence-electron chi connectivity index (χ4n) is 1.25. The fraction of sp³-hybridized carbons (Fsp3) is 0.333. The molecule has 0 radical (unpaired) electrons. The maximum absolute atomic E-state index is 3.34. The molecular formula is C9H11NS. The Labute approximate surface area is 71.2 Å². The zero-order chi connectivity index (χ0) is 7.68. The average Bonchev–Trinajstić information content (AvgIpc) is 2.50. The highest BCUT2D eigenvalue weighted by molar-refractivity contribution is 7.99. The third-order valence-electron chi connectivity index (χ3n) is 1.94. The summed E-state index contributed by atoms with van der Waals surface area (Å²) in [4.78, 5) is 1.39. The van der Waals surface area contributed by atoms with E-state index in [0.29, 0.717) is 0 Å². The first-order chi connectivity index (χ1) is 5.40. The zero-order valence-electron chi connectivity index (χ0n) is 6.55. The minimum atomic E-state index is 1.03. The second kappa shape index (κ2) is 2.78. The van der Waals surface area contributed by atoms with Crippen molar-refractivity contribution in [3.05, 3.63) is 23.8 Å². The van der Waals surface area contributed by atoms with Crippen LogP contribution in [0.3, 0.4) is 0 Å². The number of benzene rings is 1. The van der Waals surface area contributed by atoms with Crippen LogP contribution in [0.4, 0.5) is 5.69 Å². The van der Waals surface area contributed by atoms with Gasteiger partial charge < -0.3 is 5.32 Å². The molecule has 1 nitrogen and oxygen atoms in total. The van der Waals surface area contributed by atoms with Crippen molar-refractivity contribution >= 4 is 17.4 Å². The van der Waals surface area contributed by atoms with Crippen LogP contribution in [0.15, 0.2) is 23.1 Å². The van der Waals surface area contributed by atoms with Gasteiger partial charge in [-0.1, -0.05) is 13.0 Å². The van der Waals surface area contributed by atoms with Gasteiger partial charge in [0.25, 0.3) is 0 Å². The molecule has 0 bridgehead atoms. The van der Waals surface area contributed by atoms with E-state index >= 15 is 0 Å². The van der Waals surface area contributed by atoms with Crippen LogP contribution in [-0.4, -0.2) is 5.88 Å². The molecule has 2 heteroatoms. The molecule has 0 atom stereocenters. The Morgan fingerprint density at radius 2 is 2.45 bits per heavy atom. The van der Waals surface area contributed by atoms with Gasteiger partial charge in [-0.15, -0.1) is 11.8 Å². The number of hydrogen-bond donors (Lipinski definition) is 1. The van der Waals surface area contributed by atoms with E-state index in [1.54, 1.807) is 0 Å². The molecule has 0 aromatic heterocycles. The molecule has 1 heterocycles. The van der Waals surface area contributed by atoms with Crippen LogP contribution in [0.1, 0.15) is 12.5 Å². The molecule has 1 N–H and O–H groups in total. The zero-order valence-corrected chi connectivity index (χ0v) is 7.37. The van der Waals surface area contributed by atoms with Crippen molar-refractivity contribution < 1.29 is 0 Å². The van der Waals surface area contributed by atoms with Crippen molar-refractivity contribution in [1.82, 2.24) is 0 Å². The molecule has 2 rings (SSSR count). The normalized spacial score (nSPS) is 14.3. The monoisotopic (exact) mass is 165 g/mol. The molecule has 0 saturated heterocycles. The quantitative estimate of drug-likeness (QED) is 0.686. The Morgan fingerprint density at radius 3 is 3.27 bits per heavy atom. The first-order valence-corrected chi connectivity index (χ1v) is 4.88. The van der Waals surface area contributed by atoms with Crippen molar-refractivity contribution in [3.8, 4) is 0 Å². The van der Waals surface area contributed by atoms with Gasteiger partial charge >= 0.3 is 0 Å². The summed E-state index contributed by atoms with van der Waals surface area (Å²) in [6.07, 6.45) is 1.12. The highest BCUT2D eigenvalue weighted by Gasteiger charge is 2.09. The highest BCUT2D eigenvalue weighted by Crippen LogP contribution is 2.33. The minimum absolute atomic E-state index is 1.03. The number of rotatable bonds is 1. The molecule has 0 fully saturated rings. The van der Waals surface area contributed by atoms with E-state index in [0.717, 1.165) is 12.3 Å². The second-order valence-electron chi connectivity index (χ2n) is 2.65.